The van der Waals surface area contributed by atoms with Gasteiger partial charge < -0.3 is 14.5 Å². The third kappa shape index (κ3) is 4.55. The number of likely N-dealkylation sites (tertiary alicyclic amines) is 1. The predicted octanol–water partition coefficient (Wildman–Crippen LogP) is 5.81. The van der Waals surface area contributed by atoms with Gasteiger partial charge in [0.05, 0.1) is 18.5 Å². The SMILES string of the molecule is COc1ccc(C(=O)C2CCN(C(=O)CCN3c4ccccc4Sc4ccccc43)CC2)cc1. The van der Waals surface area contributed by atoms with E-state index in [0.717, 1.165) is 17.1 Å². The molecule has 2 heterocycles. The van der Waals surface area contributed by atoms with Crippen LogP contribution >= 0.6 is 11.8 Å². The molecule has 2 aliphatic heterocycles. The van der Waals surface area contributed by atoms with E-state index < -0.39 is 0 Å². The first kappa shape index (κ1) is 22.5. The summed E-state index contributed by atoms with van der Waals surface area (Å²) in [5.74, 6) is 1.03. The molecule has 1 saturated heterocycles. The fraction of sp³-hybridized carbons (Fsp3) is 0.286. The van der Waals surface area contributed by atoms with E-state index in [2.05, 4.69) is 41.3 Å². The summed E-state index contributed by atoms with van der Waals surface area (Å²) in [5.41, 5.74) is 3.02. The molecule has 0 N–H and O–H groups in total. The van der Waals surface area contributed by atoms with Crippen LogP contribution in [0.2, 0.25) is 0 Å². The van der Waals surface area contributed by atoms with Crippen LogP contribution in [0.3, 0.4) is 0 Å². The topological polar surface area (TPSA) is 49.9 Å². The molecule has 0 aliphatic carbocycles. The Hall–Kier alpha value is -3.25. The number of piperidine rings is 1. The van der Waals surface area contributed by atoms with Gasteiger partial charge in [0, 0.05) is 47.3 Å². The van der Waals surface area contributed by atoms with Gasteiger partial charge >= 0.3 is 0 Å². The molecular weight excluding hydrogens is 444 g/mol. The second-order valence-corrected chi connectivity index (χ2v) is 9.77. The highest BCUT2D eigenvalue weighted by Crippen LogP contribution is 2.47. The molecular formula is C28H28N2O3S. The van der Waals surface area contributed by atoms with Crippen molar-refractivity contribution in [3.05, 3.63) is 78.4 Å². The highest BCUT2D eigenvalue weighted by molar-refractivity contribution is 7.99. The molecule has 5 nitrogen and oxygen atoms in total. The molecule has 6 heteroatoms. The Kier molecular flexibility index (Phi) is 6.59. The van der Waals surface area contributed by atoms with Crippen molar-refractivity contribution in [2.75, 3.05) is 31.6 Å². The molecule has 174 valence electrons. The standard InChI is InChI=1S/C28H28N2O3S/c1-33-22-12-10-20(11-13-22)28(32)21-14-17-29(18-15-21)27(31)16-19-30-23-6-2-4-8-25(23)34-26-9-5-3-7-24(26)30/h2-13,21H,14-19H2,1H3. The number of amides is 1. The molecule has 3 aromatic carbocycles. The summed E-state index contributed by atoms with van der Waals surface area (Å²) < 4.78 is 5.18. The summed E-state index contributed by atoms with van der Waals surface area (Å²) in [7, 11) is 1.62. The molecule has 1 fully saturated rings. The largest absolute Gasteiger partial charge is 0.497 e. The first-order valence-corrected chi connectivity index (χ1v) is 12.5. The fourth-order valence-corrected chi connectivity index (χ4v) is 5.87. The minimum Gasteiger partial charge on any atom is -0.497 e. The van der Waals surface area contributed by atoms with Gasteiger partial charge in [-0.1, -0.05) is 36.0 Å². The lowest BCUT2D eigenvalue weighted by Gasteiger charge is -2.34. The van der Waals surface area contributed by atoms with Gasteiger partial charge in [-0.05, 0) is 61.4 Å². The number of benzene rings is 3. The number of anilines is 2. The quantitative estimate of drug-likeness (QED) is 0.424. The maximum atomic E-state index is 13.1. The zero-order valence-electron chi connectivity index (χ0n) is 19.3. The van der Waals surface area contributed by atoms with Crippen LogP contribution in [0.5, 0.6) is 5.75 Å². The Labute approximate surface area is 204 Å². The van der Waals surface area contributed by atoms with E-state index in [1.807, 2.05) is 41.3 Å². The Morgan fingerprint density at radius 2 is 1.47 bits per heavy atom. The van der Waals surface area contributed by atoms with E-state index in [0.29, 0.717) is 44.5 Å². The number of hydrogen-bond donors (Lipinski definition) is 0. The smallest absolute Gasteiger partial charge is 0.224 e. The molecule has 0 atom stereocenters. The first-order valence-electron chi connectivity index (χ1n) is 11.7. The number of rotatable bonds is 6. The molecule has 0 radical (unpaired) electrons. The number of hydrogen-bond acceptors (Lipinski definition) is 5. The molecule has 3 aromatic rings. The van der Waals surface area contributed by atoms with E-state index in [9.17, 15) is 9.59 Å². The van der Waals surface area contributed by atoms with E-state index in [1.54, 1.807) is 18.9 Å². The Balaban J connectivity index is 1.19. The molecule has 0 saturated carbocycles. The van der Waals surface area contributed by atoms with Crippen molar-refractivity contribution in [1.82, 2.24) is 4.90 Å². The van der Waals surface area contributed by atoms with Crippen molar-refractivity contribution in [3.8, 4) is 5.75 Å². The van der Waals surface area contributed by atoms with Crippen molar-refractivity contribution >= 4 is 34.8 Å². The Bertz CT molecular complexity index is 1140. The van der Waals surface area contributed by atoms with Crippen molar-refractivity contribution in [2.24, 2.45) is 5.92 Å². The van der Waals surface area contributed by atoms with Crippen LogP contribution in [0, 0.1) is 5.92 Å². The van der Waals surface area contributed by atoms with Gasteiger partial charge in [-0.15, -0.1) is 0 Å². The number of carbonyl (C=O) groups is 2. The molecule has 0 unspecified atom stereocenters. The summed E-state index contributed by atoms with van der Waals surface area (Å²) >= 11 is 1.78. The monoisotopic (exact) mass is 472 g/mol. The summed E-state index contributed by atoms with van der Waals surface area (Å²) in [5, 5.41) is 0. The van der Waals surface area contributed by atoms with Gasteiger partial charge in [0.25, 0.3) is 0 Å². The number of Topliss-reactive ketones (excluding diaryl/α,β-unsaturated/α-hetero) is 1. The van der Waals surface area contributed by atoms with Crippen molar-refractivity contribution < 1.29 is 14.3 Å². The third-order valence-corrected chi connectivity index (χ3v) is 7.80. The van der Waals surface area contributed by atoms with Crippen molar-refractivity contribution in [2.45, 2.75) is 29.1 Å². The highest BCUT2D eigenvalue weighted by Gasteiger charge is 2.29. The van der Waals surface area contributed by atoms with Gasteiger partial charge in [0.2, 0.25) is 5.91 Å². The maximum Gasteiger partial charge on any atom is 0.224 e. The Morgan fingerprint density at radius 1 is 0.882 bits per heavy atom. The molecule has 2 aliphatic rings. The molecule has 0 spiro atoms. The summed E-state index contributed by atoms with van der Waals surface area (Å²) in [4.78, 5) is 32.6. The number of para-hydroxylation sites is 2. The number of methoxy groups -OCH3 is 1. The average molecular weight is 473 g/mol. The maximum absolute atomic E-state index is 13.1. The minimum atomic E-state index is -0.0321. The summed E-state index contributed by atoms with van der Waals surface area (Å²) in [6.07, 6.45) is 1.87. The van der Waals surface area contributed by atoms with E-state index in [4.69, 9.17) is 4.74 Å². The average Bonchev–Trinajstić information content (AvgIpc) is 2.90. The van der Waals surface area contributed by atoms with E-state index in [-0.39, 0.29) is 17.6 Å². The van der Waals surface area contributed by atoms with Crippen LogP contribution in [0.1, 0.15) is 29.6 Å². The summed E-state index contributed by atoms with van der Waals surface area (Å²) in [6, 6.07) is 24.0. The van der Waals surface area contributed by atoms with Crippen LogP contribution in [-0.4, -0.2) is 43.3 Å². The normalized spacial score (nSPS) is 15.4. The lowest BCUT2D eigenvalue weighted by molar-refractivity contribution is -0.132. The zero-order valence-corrected chi connectivity index (χ0v) is 20.1. The molecule has 34 heavy (non-hydrogen) atoms. The van der Waals surface area contributed by atoms with Crippen LogP contribution < -0.4 is 9.64 Å². The van der Waals surface area contributed by atoms with Gasteiger partial charge in [-0.2, -0.15) is 0 Å². The molecule has 0 bridgehead atoms. The highest BCUT2D eigenvalue weighted by atomic mass is 32.2. The number of ether oxygens (including phenoxy) is 1. The van der Waals surface area contributed by atoms with Crippen molar-refractivity contribution in [1.29, 1.82) is 0 Å². The fourth-order valence-electron chi connectivity index (χ4n) is 4.77. The van der Waals surface area contributed by atoms with Crippen molar-refractivity contribution in [3.63, 3.8) is 0 Å². The number of carbonyl (C=O) groups excluding carboxylic acids is 2. The van der Waals surface area contributed by atoms with Gasteiger partial charge in [0.1, 0.15) is 5.75 Å². The first-order chi connectivity index (χ1) is 16.6. The van der Waals surface area contributed by atoms with Gasteiger partial charge in [-0.3, -0.25) is 9.59 Å². The minimum absolute atomic E-state index is 0.0321. The zero-order chi connectivity index (χ0) is 23.5. The van der Waals surface area contributed by atoms with E-state index >= 15 is 0 Å². The lowest BCUT2D eigenvalue weighted by Crippen LogP contribution is -2.41. The summed E-state index contributed by atoms with van der Waals surface area (Å²) in [6.45, 7) is 1.90. The third-order valence-electron chi connectivity index (χ3n) is 6.67. The van der Waals surface area contributed by atoms with Crippen LogP contribution in [0.15, 0.2) is 82.6 Å². The van der Waals surface area contributed by atoms with E-state index in [1.165, 1.54) is 9.79 Å². The van der Waals surface area contributed by atoms with Crippen LogP contribution in [0.25, 0.3) is 0 Å². The second kappa shape index (κ2) is 9.94. The second-order valence-electron chi connectivity index (χ2n) is 8.69. The molecule has 0 aromatic heterocycles. The number of ketones is 1. The van der Waals surface area contributed by atoms with Gasteiger partial charge in [-0.25, -0.2) is 0 Å². The number of nitrogens with zero attached hydrogens (tertiary/aromatic N) is 2. The van der Waals surface area contributed by atoms with Gasteiger partial charge in [0.15, 0.2) is 5.78 Å². The lowest BCUT2D eigenvalue weighted by atomic mass is 9.89. The molecule has 5 rings (SSSR count). The van der Waals surface area contributed by atoms with Crippen LogP contribution in [-0.2, 0) is 4.79 Å². The Morgan fingerprint density at radius 3 is 2.06 bits per heavy atom. The predicted molar refractivity (Wildman–Crippen MR) is 135 cm³/mol. The molecule has 1 amide bonds. The van der Waals surface area contributed by atoms with Crippen LogP contribution in [0.4, 0.5) is 11.4 Å². The number of fused-ring (bicyclic) bond motifs is 2.